The van der Waals surface area contributed by atoms with Crippen molar-refractivity contribution in [3.63, 3.8) is 0 Å². The van der Waals surface area contributed by atoms with Gasteiger partial charge in [-0.1, -0.05) is 17.7 Å². The van der Waals surface area contributed by atoms with Crippen LogP contribution in [-0.2, 0) is 23.1 Å². The number of hydrogen-bond donors (Lipinski definition) is 2. The molecule has 1 aromatic heterocycles. The molecule has 21 heavy (non-hydrogen) atoms. The summed E-state index contributed by atoms with van der Waals surface area (Å²) in [6, 6.07) is 4.68. The second-order valence-corrected chi connectivity index (χ2v) is 6.79. The number of aromatic nitrogens is 2. The van der Waals surface area contributed by atoms with Crippen molar-refractivity contribution in [3.8, 4) is 0 Å². The van der Waals surface area contributed by atoms with Gasteiger partial charge in [-0.3, -0.25) is 4.68 Å². The van der Waals surface area contributed by atoms with Gasteiger partial charge in [0.1, 0.15) is 4.90 Å². The lowest BCUT2D eigenvalue weighted by molar-refractivity contribution is 0.561. The van der Waals surface area contributed by atoms with Gasteiger partial charge in [-0.05, 0) is 30.2 Å². The molecule has 0 saturated heterocycles. The highest BCUT2D eigenvalue weighted by atomic mass is 35.5. The largest absolute Gasteiger partial charge is 0.326 e. The normalized spacial score (nSPS) is 11.8. The lowest BCUT2D eigenvalue weighted by Gasteiger charge is -2.09. The van der Waals surface area contributed by atoms with Gasteiger partial charge in [0.25, 0.3) is 0 Å². The Kier molecular flexibility index (Phi) is 5.00. The van der Waals surface area contributed by atoms with Crippen molar-refractivity contribution in [1.82, 2.24) is 14.5 Å². The van der Waals surface area contributed by atoms with Gasteiger partial charge in [0.05, 0.1) is 17.8 Å². The molecular weight excluding hydrogens is 312 g/mol. The van der Waals surface area contributed by atoms with Gasteiger partial charge in [0.15, 0.2) is 0 Å². The quantitative estimate of drug-likeness (QED) is 0.836. The van der Waals surface area contributed by atoms with Crippen LogP contribution in [0.5, 0.6) is 0 Å². The van der Waals surface area contributed by atoms with Crippen LogP contribution < -0.4 is 10.5 Å². The van der Waals surface area contributed by atoms with E-state index in [1.165, 1.54) is 6.07 Å². The molecule has 3 N–H and O–H groups in total. The smallest absolute Gasteiger partial charge is 0.242 e. The first-order chi connectivity index (χ1) is 9.92. The molecule has 0 saturated carbocycles. The van der Waals surface area contributed by atoms with E-state index in [0.717, 1.165) is 11.1 Å². The van der Waals surface area contributed by atoms with Crippen LogP contribution >= 0.6 is 11.6 Å². The standard InChI is InChI=1S/C13H17ClN4O2S/c1-10-8-16-18(9-10)5-4-17-21(19,20)13-3-2-11(7-15)6-12(13)14/h2-3,6,8-9,17H,4-5,7,15H2,1H3. The Bertz CT molecular complexity index is 728. The topological polar surface area (TPSA) is 90.0 Å². The molecule has 0 aliphatic heterocycles. The lowest BCUT2D eigenvalue weighted by Crippen LogP contribution is -2.27. The maximum atomic E-state index is 12.2. The number of benzene rings is 1. The van der Waals surface area contributed by atoms with E-state index in [2.05, 4.69) is 9.82 Å². The van der Waals surface area contributed by atoms with E-state index in [1.54, 1.807) is 23.0 Å². The molecular formula is C13H17ClN4O2S. The Labute approximate surface area is 129 Å². The molecule has 8 heteroatoms. The summed E-state index contributed by atoms with van der Waals surface area (Å²) < 4.78 is 28.6. The molecule has 0 unspecified atom stereocenters. The summed E-state index contributed by atoms with van der Waals surface area (Å²) in [4.78, 5) is 0.0537. The van der Waals surface area contributed by atoms with E-state index >= 15 is 0 Å². The summed E-state index contributed by atoms with van der Waals surface area (Å²) >= 11 is 6.00. The zero-order valence-electron chi connectivity index (χ0n) is 11.6. The first-order valence-electron chi connectivity index (χ1n) is 6.39. The number of aryl methyl sites for hydroxylation is 1. The maximum Gasteiger partial charge on any atom is 0.242 e. The molecule has 0 bridgehead atoms. The van der Waals surface area contributed by atoms with Gasteiger partial charge in [-0.2, -0.15) is 5.10 Å². The molecule has 0 aliphatic carbocycles. The number of hydrogen-bond acceptors (Lipinski definition) is 4. The van der Waals surface area contributed by atoms with E-state index < -0.39 is 10.0 Å². The molecule has 1 aromatic carbocycles. The fraction of sp³-hybridized carbons (Fsp3) is 0.308. The molecule has 0 amide bonds. The fourth-order valence-electron chi connectivity index (χ4n) is 1.85. The summed E-state index contributed by atoms with van der Waals surface area (Å²) in [5.74, 6) is 0. The second kappa shape index (κ2) is 6.57. The highest BCUT2D eigenvalue weighted by molar-refractivity contribution is 7.89. The molecule has 0 atom stereocenters. The van der Waals surface area contributed by atoms with Crippen LogP contribution in [0.2, 0.25) is 5.02 Å². The van der Waals surface area contributed by atoms with E-state index in [9.17, 15) is 8.42 Å². The summed E-state index contributed by atoms with van der Waals surface area (Å²) in [7, 11) is -3.64. The van der Waals surface area contributed by atoms with Crippen LogP contribution in [0.15, 0.2) is 35.5 Å². The molecule has 0 radical (unpaired) electrons. The average Bonchev–Trinajstić information content (AvgIpc) is 2.83. The maximum absolute atomic E-state index is 12.2. The molecule has 1 heterocycles. The minimum absolute atomic E-state index is 0.0537. The molecule has 2 rings (SSSR count). The third-order valence-electron chi connectivity index (χ3n) is 2.92. The fourth-order valence-corrected chi connectivity index (χ4v) is 3.44. The van der Waals surface area contributed by atoms with Crippen LogP contribution in [0.25, 0.3) is 0 Å². The third kappa shape index (κ3) is 4.04. The zero-order chi connectivity index (χ0) is 15.5. The first-order valence-corrected chi connectivity index (χ1v) is 8.26. The van der Waals surface area contributed by atoms with E-state index in [4.69, 9.17) is 17.3 Å². The number of nitrogens with two attached hydrogens (primary N) is 1. The van der Waals surface area contributed by atoms with Crippen LogP contribution in [0, 0.1) is 6.92 Å². The third-order valence-corrected chi connectivity index (χ3v) is 4.86. The van der Waals surface area contributed by atoms with Gasteiger partial charge in [-0.25, -0.2) is 13.1 Å². The van der Waals surface area contributed by atoms with Crippen molar-refractivity contribution >= 4 is 21.6 Å². The van der Waals surface area contributed by atoms with Gasteiger partial charge >= 0.3 is 0 Å². The van der Waals surface area contributed by atoms with Crippen molar-refractivity contribution in [2.24, 2.45) is 5.73 Å². The van der Waals surface area contributed by atoms with Gasteiger partial charge in [0.2, 0.25) is 10.0 Å². The first kappa shape index (κ1) is 16.0. The molecule has 0 fully saturated rings. The van der Waals surface area contributed by atoms with Crippen molar-refractivity contribution in [3.05, 3.63) is 46.7 Å². The second-order valence-electron chi connectivity index (χ2n) is 4.65. The van der Waals surface area contributed by atoms with Crippen molar-refractivity contribution in [1.29, 1.82) is 0 Å². The van der Waals surface area contributed by atoms with Crippen LogP contribution in [0.1, 0.15) is 11.1 Å². The Morgan fingerprint density at radius 1 is 1.43 bits per heavy atom. The molecule has 0 spiro atoms. The van der Waals surface area contributed by atoms with Gasteiger partial charge in [-0.15, -0.1) is 0 Å². The number of nitrogens with one attached hydrogen (secondary N) is 1. The number of nitrogens with zero attached hydrogens (tertiary/aromatic N) is 2. The highest BCUT2D eigenvalue weighted by Crippen LogP contribution is 2.22. The van der Waals surface area contributed by atoms with E-state index in [-0.39, 0.29) is 16.5 Å². The Balaban J connectivity index is 2.04. The zero-order valence-corrected chi connectivity index (χ0v) is 13.2. The molecule has 6 nitrogen and oxygen atoms in total. The number of sulfonamides is 1. The summed E-state index contributed by atoms with van der Waals surface area (Å²) in [6.07, 6.45) is 3.56. The Morgan fingerprint density at radius 2 is 2.19 bits per heavy atom. The lowest BCUT2D eigenvalue weighted by atomic mass is 10.2. The van der Waals surface area contributed by atoms with Gasteiger partial charge < -0.3 is 5.73 Å². The summed E-state index contributed by atoms with van der Waals surface area (Å²) in [5, 5.41) is 4.26. The minimum Gasteiger partial charge on any atom is -0.326 e. The monoisotopic (exact) mass is 328 g/mol. The van der Waals surface area contributed by atoms with Crippen molar-refractivity contribution in [2.45, 2.75) is 24.9 Å². The number of rotatable bonds is 6. The van der Waals surface area contributed by atoms with Crippen molar-refractivity contribution < 1.29 is 8.42 Å². The van der Waals surface area contributed by atoms with Crippen molar-refractivity contribution in [2.75, 3.05) is 6.54 Å². The van der Waals surface area contributed by atoms with E-state index in [0.29, 0.717) is 13.1 Å². The Morgan fingerprint density at radius 3 is 2.76 bits per heavy atom. The predicted octanol–water partition coefficient (Wildman–Crippen LogP) is 1.28. The molecule has 2 aromatic rings. The Hall–Kier alpha value is -1.41. The van der Waals surface area contributed by atoms with E-state index in [1.807, 2.05) is 13.1 Å². The SMILES string of the molecule is Cc1cnn(CCNS(=O)(=O)c2ccc(CN)cc2Cl)c1. The molecule has 114 valence electrons. The van der Waals surface area contributed by atoms with Crippen LogP contribution in [-0.4, -0.2) is 24.7 Å². The minimum atomic E-state index is -3.64. The highest BCUT2D eigenvalue weighted by Gasteiger charge is 2.17. The van der Waals surface area contributed by atoms with Gasteiger partial charge in [0, 0.05) is 19.3 Å². The average molecular weight is 329 g/mol. The summed E-state index contributed by atoms with van der Waals surface area (Å²) in [5.41, 5.74) is 7.30. The molecule has 0 aliphatic rings. The van der Waals surface area contributed by atoms with Crippen LogP contribution in [0.3, 0.4) is 0 Å². The van der Waals surface area contributed by atoms with Crippen LogP contribution in [0.4, 0.5) is 0 Å². The summed E-state index contributed by atoms with van der Waals surface area (Å²) in [6.45, 7) is 2.92. The number of halogens is 1. The predicted molar refractivity (Wildman–Crippen MR) is 81.5 cm³/mol.